The van der Waals surface area contributed by atoms with Gasteiger partial charge in [0, 0.05) is 37.5 Å². The van der Waals surface area contributed by atoms with Crippen molar-refractivity contribution in [2.45, 2.75) is 63.3 Å². The molecule has 8 heteroatoms. The summed E-state index contributed by atoms with van der Waals surface area (Å²) in [6.07, 6.45) is 9.14. The summed E-state index contributed by atoms with van der Waals surface area (Å²) in [5.74, 6) is 0.864. The van der Waals surface area contributed by atoms with Crippen LogP contribution in [0.25, 0.3) is 0 Å². The van der Waals surface area contributed by atoms with Gasteiger partial charge in [0.2, 0.25) is 5.91 Å². The zero-order valence-electron chi connectivity index (χ0n) is 15.2. The van der Waals surface area contributed by atoms with Gasteiger partial charge < -0.3 is 15.8 Å². The molecule has 5 nitrogen and oxygen atoms in total. The van der Waals surface area contributed by atoms with Gasteiger partial charge in [0.05, 0.1) is 16.7 Å². The number of rotatable bonds is 6. The highest BCUT2D eigenvalue weighted by Crippen LogP contribution is 2.33. The Balaban J connectivity index is 0.00000169. The number of carbonyl (C=O) groups is 1. The molecule has 0 radical (unpaired) electrons. The van der Waals surface area contributed by atoms with Gasteiger partial charge in [0.25, 0.3) is 0 Å². The monoisotopic (exact) mass is 423 g/mol. The highest BCUT2D eigenvalue weighted by molar-refractivity contribution is 7.09. The van der Waals surface area contributed by atoms with E-state index in [4.69, 9.17) is 15.5 Å². The van der Waals surface area contributed by atoms with Crippen molar-refractivity contribution >= 4 is 42.1 Å². The third-order valence-corrected chi connectivity index (χ3v) is 6.23. The highest BCUT2D eigenvalue weighted by atomic mass is 35.5. The molecule has 3 N–H and O–H groups in total. The zero-order chi connectivity index (χ0) is 16.8. The molecule has 1 aromatic rings. The summed E-state index contributed by atoms with van der Waals surface area (Å²) in [6, 6.07) is -0.414. The quantitative estimate of drug-likeness (QED) is 0.734. The summed E-state index contributed by atoms with van der Waals surface area (Å²) in [5, 5.41) is 6.31. The molecule has 1 saturated carbocycles. The van der Waals surface area contributed by atoms with Crippen molar-refractivity contribution in [3.8, 4) is 0 Å². The largest absolute Gasteiger partial charge is 0.381 e. The molecule has 1 unspecified atom stereocenters. The van der Waals surface area contributed by atoms with Crippen LogP contribution in [0, 0.1) is 5.92 Å². The number of amides is 1. The van der Waals surface area contributed by atoms with E-state index in [1.54, 1.807) is 11.3 Å². The normalized spacial score (nSPS) is 19.9. The van der Waals surface area contributed by atoms with E-state index in [-0.39, 0.29) is 36.6 Å². The summed E-state index contributed by atoms with van der Waals surface area (Å²) in [7, 11) is 0. The minimum absolute atomic E-state index is 0. The van der Waals surface area contributed by atoms with E-state index in [2.05, 4.69) is 10.7 Å². The Labute approximate surface area is 172 Å². The Hall–Kier alpha value is -0.400. The Morgan fingerprint density at radius 2 is 1.92 bits per heavy atom. The van der Waals surface area contributed by atoms with E-state index in [0.717, 1.165) is 24.3 Å². The van der Waals surface area contributed by atoms with Gasteiger partial charge in [0.1, 0.15) is 0 Å². The van der Waals surface area contributed by atoms with E-state index in [9.17, 15) is 4.79 Å². The fraction of sp³-hybridized carbons (Fsp3) is 0.778. The maximum absolute atomic E-state index is 12.2. The fourth-order valence-corrected chi connectivity index (χ4v) is 4.61. The zero-order valence-corrected chi connectivity index (χ0v) is 17.6. The molecule has 26 heavy (non-hydrogen) atoms. The lowest BCUT2D eigenvalue weighted by Gasteiger charge is -2.26. The Morgan fingerprint density at radius 3 is 2.62 bits per heavy atom. The van der Waals surface area contributed by atoms with Gasteiger partial charge >= 0.3 is 0 Å². The number of halogens is 2. The van der Waals surface area contributed by atoms with Gasteiger partial charge in [-0.3, -0.25) is 4.79 Å². The van der Waals surface area contributed by atoms with E-state index in [1.807, 2.05) is 0 Å². The van der Waals surface area contributed by atoms with Crippen molar-refractivity contribution in [1.29, 1.82) is 0 Å². The molecule has 150 valence electrons. The second-order valence-corrected chi connectivity index (χ2v) is 7.96. The molecule has 1 saturated heterocycles. The maximum Gasteiger partial charge on any atom is 0.237 e. The molecule has 0 bridgehead atoms. The smallest absolute Gasteiger partial charge is 0.237 e. The first-order valence-corrected chi connectivity index (χ1v) is 10.2. The van der Waals surface area contributed by atoms with Crippen LogP contribution in [0.5, 0.6) is 0 Å². The van der Waals surface area contributed by atoms with Gasteiger partial charge in [-0.05, 0) is 31.6 Å². The summed E-state index contributed by atoms with van der Waals surface area (Å²) in [4.78, 5) is 17.0. The Morgan fingerprint density at radius 1 is 1.23 bits per heavy atom. The molecular weight excluding hydrogens is 393 g/mol. The third-order valence-electron chi connectivity index (χ3n) is 5.31. The number of nitrogens with two attached hydrogens (primary N) is 1. The Bertz CT molecular complexity index is 532. The van der Waals surface area contributed by atoms with Crippen LogP contribution in [0.3, 0.4) is 0 Å². The number of hydrogen-bond donors (Lipinski definition) is 2. The first-order chi connectivity index (χ1) is 11.7. The molecule has 1 aromatic heterocycles. The minimum Gasteiger partial charge on any atom is -0.381 e. The van der Waals surface area contributed by atoms with Gasteiger partial charge in [-0.2, -0.15) is 0 Å². The molecule has 2 heterocycles. The van der Waals surface area contributed by atoms with E-state index in [1.165, 1.54) is 37.8 Å². The van der Waals surface area contributed by atoms with Gasteiger partial charge in [-0.15, -0.1) is 36.2 Å². The van der Waals surface area contributed by atoms with Crippen molar-refractivity contribution in [3.05, 3.63) is 16.1 Å². The molecular formula is C18H31Cl2N3O2S. The fourth-order valence-electron chi connectivity index (χ4n) is 3.73. The summed E-state index contributed by atoms with van der Waals surface area (Å²) < 4.78 is 5.33. The number of aromatic nitrogens is 1. The van der Waals surface area contributed by atoms with Crippen molar-refractivity contribution in [2.24, 2.45) is 11.7 Å². The van der Waals surface area contributed by atoms with Crippen LogP contribution in [-0.2, 0) is 16.0 Å². The predicted molar refractivity (Wildman–Crippen MR) is 111 cm³/mol. The second kappa shape index (κ2) is 12.1. The SMILES string of the molecule is Cl.Cl.NC(C(=O)NCCc1nc(C2CCCCC2)cs1)C1CCOCC1. The second-order valence-electron chi connectivity index (χ2n) is 7.02. The van der Waals surface area contributed by atoms with Crippen LogP contribution in [0.1, 0.15) is 61.6 Å². The molecule has 1 atom stereocenters. The van der Waals surface area contributed by atoms with Gasteiger partial charge in [-0.25, -0.2) is 4.98 Å². The van der Waals surface area contributed by atoms with Crippen molar-refractivity contribution in [2.75, 3.05) is 19.8 Å². The molecule has 0 aromatic carbocycles. The van der Waals surface area contributed by atoms with Gasteiger partial charge in [0.15, 0.2) is 0 Å². The summed E-state index contributed by atoms with van der Waals surface area (Å²) in [5.41, 5.74) is 7.36. The average molecular weight is 424 g/mol. The van der Waals surface area contributed by atoms with Crippen molar-refractivity contribution < 1.29 is 9.53 Å². The minimum atomic E-state index is -0.414. The van der Waals surface area contributed by atoms with Crippen LogP contribution >= 0.6 is 36.2 Å². The molecule has 1 aliphatic carbocycles. The van der Waals surface area contributed by atoms with E-state index >= 15 is 0 Å². The molecule has 2 aliphatic rings. The van der Waals surface area contributed by atoms with Crippen LogP contribution in [-0.4, -0.2) is 36.7 Å². The lowest BCUT2D eigenvalue weighted by Crippen LogP contribution is -2.47. The molecule has 2 fully saturated rings. The maximum atomic E-state index is 12.2. The van der Waals surface area contributed by atoms with Crippen LogP contribution in [0.2, 0.25) is 0 Å². The molecule has 3 rings (SSSR count). The first kappa shape index (κ1) is 23.6. The lowest BCUT2D eigenvalue weighted by atomic mass is 9.87. The predicted octanol–water partition coefficient (Wildman–Crippen LogP) is 3.45. The van der Waals surface area contributed by atoms with E-state index < -0.39 is 6.04 Å². The lowest BCUT2D eigenvalue weighted by molar-refractivity contribution is -0.124. The topological polar surface area (TPSA) is 77.2 Å². The number of carbonyl (C=O) groups excluding carboxylic acids is 1. The number of nitrogens with zero attached hydrogens (tertiary/aromatic N) is 1. The third kappa shape index (κ3) is 6.64. The first-order valence-electron chi connectivity index (χ1n) is 9.29. The standard InChI is InChI=1S/C18H29N3O2S.2ClH/c19-17(14-7-10-23-11-8-14)18(22)20-9-6-16-21-15(12-24-16)13-4-2-1-3-5-13;;/h12-14,17H,1-11,19H2,(H,20,22);2*1H. The van der Waals surface area contributed by atoms with E-state index in [0.29, 0.717) is 25.7 Å². The van der Waals surface area contributed by atoms with Gasteiger partial charge in [-0.1, -0.05) is 19.3 Å². The van der Waals surface area contributed by atoms with Crippen LogP contribution in [0.4, 0.5) is 0 Å². The number of hydrogen-bond acceptors (Lipinski definition) is 5. The molecule has 1 aliphatic heterocycles. The number of ether oxygens (including phenoxy) is 1. The Kier molecular flexibility index (Phi) is 11.0. The van der Waals surface area contributed by atoms with Crippen LogP contribution < -0.4 is 11.1 Å². The number of thiazole rings is 1. The summed E-state index contributed by atoms with van der Waals surface area (Å²) >= 11 is 1.72. The molecule has 1 amide bonds. The highest BCUT2D eigenvalue weighted by Gasteiger charge is 2.26. The van der Waals surface area contributed by atoms with Crippen molar-refractivity contribution in [3.63, 3.8) is 0 Å². The summed E-state index contributed by atoms with van der Waals surface area (Å²) in [6.45, 7) is 2.05. The number of nitrogens with one attached hydrogen (secondary N) is 1. The van der Waals surface area contributed by atoms with Crippen LogP contribution in [0.15, 0.2) is 5.38 Å². The molecule has 0 spiro atoms. The average Bonchev–Trinajstić information content (AvgIpc) is 3.11. The van der Waals surface area contributed by atoms with Crippen molar-refractivity contribution in [1.82, 2.24) is 10.3 Å².